The van der Waals surface area contributed by atoms with E-state index in [0.717, 1.165) is 5.75 Å². The third-order valence-electron chi connectivity index (χ3n) is 1.18. The van der Waals surface area contributed by atoms with Crippen molar-refractivity contribution < 1.29 is 113 Å². The third-order valence-corrected chi connectivity index (χ3v) is 1.18. The van der Waals surface area contributed by atoms with Crippen LogP contribution in [0.15, 0.2) is 30.3 Å². The largest absolute Gasteiger partial charge is 1.00 e. The van der Waals surface area contributed by atoms with Gasteiger partial charge in [0.25, 0.3) is 0 Å². The van der Waals surface area contributed by atoms with Crippen LogP contribution in [-0.2, 0) is 0 Å². The van der Waals surface area contributed by atoms with Crippen LogP contribution in [0.2, 0.25) is 0 Å². The molecule has 1 rings (SSSR count). The SMILES string of the molecule is [CH2-]C([O-])COc1ccccc1.[K+].[K+]. The molecule has 0 fully saturated rings. The summed E-state index contributed by atoms with van der Waals surface area (Å²) in [7, 11) is 0. The van der Waals surface area contributed by atoms with Crippen LogP contribution in [0.1, 0.15) is 0 Å². The number of hydrogen-bond acceptors (Lipinski definition) is 2. The van der Waals surface area contributed by atoms with Gasteiger partial charge in [-0.15, -0.1) is 0 Å². The van der Waals surface area contributed by atoms with E-state index in [1.54, 1.807) is 0 Å². The Bertz CT molecular complexity index is 202. The van der Waals surface area contributed by atoms with E-state index in [2.05, 4.69) is 6.92 Å². The summed E-state index contributed by atoms with van der Waals surface area (Å²) >= 11 is 0. The number of benzene rings is 1. The van der Waals surface area contributed by atoms with Crippen molar-refractivity contribution in [1.82, 2.24) is 0 Å². The maximum Gasteiger partial charge on any atom is 1.00 e. The van der Waals surface area contributed by atoms with Gasteiger partial charge in [-0.3, -0.25) is 0 Å². The molecule has 0 aromatic heterocycles. The van der Waals surface area contributed by atoms with Crippen LogP contribution in [0.4, 0.5) is 0 Å². The van der Waals surface area contributed by atoms with E-state index in [0.29, 0.717) is 0 Å². The molecule has 13 heavy (non-hydrogen) atoms. The first-order valence-corrected chi connectivity index (χ1v) is 3.46. The molecule has 1 unspecified atom stereocenters. The fraction of sp³-hybridized carbons (Fsp3) is 0.222. The molecule has 1 atom stereocenters. The van der Waals surface area contributed by atoms with E-state index >= 15 is 0 Å². The second-order valence-corrected chi connectivity index (χ2v) is 2.25. The van der Waals surface area contributed by atoms with Crippen molar-refractivity contribution in [3.63, 3.8) is 0 Å². The van der Waals surface area contributed by atoms with Crippen molar-refractivity contribution in [2.45, 2.75) is 6.10 Å². The third kappa shape index (κ3) is 9.20. The second kappa shape index (κ2) is 10.8. The Morgan fingerprint density at radius 1 is 1.23 bits per heavy atom. The standard InChI is InChI=1S/C9H10O2.2K/c1-8(10)7-11-9-5-3-2-4-6-9;;/h2-6,8H,1,7H2;;/q-2;2*+1. The molecule has 1 aromatic rings. The second-order valence-electron chi connectivity index (χ2n) is 2.25. The summed E-state index contributed by atoms with van der Waals surface area (Å²) in [6.07, 6.45) is -0.907. The minimum atomic E-state index is -0.907. The number of hydrogen-bond donors (Lipinski definition) is 0. The minimum absolute atomic E-state index is 0. The molecular weight excluding hydrogens is 218 g/mol. The summed E-state index contributed by atoms with van der Waals surface area (Å²) in [5.74, 6) is 0.719. The fourth-order valence-electron chi connectivity index (χ4n) is 0.706. The molecule has 0 amide bonds. The van der Waals surface area contributed by atoms with Crippen molar-refractivity contribution in [3.8, 4) is 5.75 Å². The Morgan fingerprint density at radius 2 is 1.77 bits per heavy atom. The van der Waals surface area contributed by atoms with Crippen LogP contribution in [-0.4, -0.2) is 12.7 Å². The first-order chi connectivity index (χ1) is 5.29. The molecule has 0 N–H and O–H groups in total. The van der Waals surface area contributed by atoms with Crippen LogP contribution < -0.4 is 113 Å². The predicted molar refractivity (Wildman–Crippen MR) is 41.1 cm³/mol. The molecule has 0 radical (unpaired) electrons. The molecule has 60 valence electrons. The Labute approximate surface area is 164 Å². The summed E-state index contributed by atoms with van der Waals surface area (Å²) < 4.78 is 5.09. The molecule has 0 heterocycles. The average Bonchev–Trinajstić information content (AvgIpc) is 2.03. The molecule has 0 bridgehead atoms. The van der Waals surface area contributed by atoms with Gasteiger partial charge in [0.2, 0.25) is 0 Å². The zero-order valence-electron chi connectivity index (χ0n) is 8.19. The molecular formula is C9H10K2O2. The summed E-state index contributed by atoms with van der Waals surface area (Å²) in [5, 5.41) is 10.5. The van der Waals surface area contributed by atoms with E-state index in [-0.39, 0.29) is 109 Å². The van der Waals surface area contributed by atoms with Gasteiger partial charge < -0.3 is 16.8 Å². The number of para-hydroxylation sites is 1. The van der Waals surface area contributed by atoms with Gasteiger partial charge in [-0.25, -0.2) is 6.10 Å². The van der Waals surface area contributed by atoms with Crippen LogP contribution in [0.25, 0.3) is 0 Å². The average molecular weight is 228 g/mol. The van der Waals surface area contributed by atoms with Crippen molar-refractivity contribution in [2.24, 2.45) is 0 Å². The molecule has 1 aromatic carbocycles. The maximum atomic E-state index is 10.5. The van der Waals surface area contributed by atoms with Gasteiger partial charge in [-0.05, 0) is 12.1 Å². The van der Waals surface area contributed by atoms with E-state index < -0.39 is 6.10 Å². The Hall–Kier alpha value is 2.25. The molecule has 0 aliphatic carbocycles. The topological polar surface area (TPSA) is 32.3 Å². The molecule has 0 aliphatic heterocycles. The maximum absolute atomic E-state index is 10.5. The fourth-order valence-corrected chi connectivity index (χ4v) is 0.706. The van der Waals surface area contributed by atoms with E-state index in [1.165, 1.54) is 0 Å². The predicted octanol–water partition coefficient (Wildman–Crippen LogP) is -5.36. The first-order valence-electron chi connectivity index (χ1n) is 3.46. The minimum Gasteiger partial charge on any atom is -0.874 e. The van der Waals surface area contributed by atoms with Gasteiger partial charge >= 0.3 is 103 Å². The quantitative estimate of drug-likeness (QED) is 0.382. The zero-order valence-corrected chi connectivity index (χ0v) is 14.4. The molecule has 0 aliphatic rings. The first kappa shape index (κ1) is 17.6. The van der Waals surface area contributed by atoms with Crippen LogP contribution in [0.3, 0.4) is 0 Å². The zero-order chi connectivity index (χ0) is 8.10. The summed E-state index contributed by atoms with van der Waals surface area (Å²) in [6.45, 7) is 3.40. The Kier molecular flexibility index (Phi) is 14.6. The van der Waals surface area contributed by atoms with Crippen LogP contribution in [0, 0.1) is 6.92 Å². The van der Waals surface area contributed by atoms with Gasteiger partial charge in [0, 0.05) is 6.61 Å². The number of rotatable bonds is 3. The van der Waals surface area contributed by atoms with Crippen molar-refractivity contribution in [2.75, 3.05) is 6.61 Å². The van der Waals surface area contributed by atoms with Crippen molar-refractivity contribution >= 4 is 0 Å². The monoisotopic (exact) mass is 228 g/mol. The van der Waals surface area contributed by atoms with E-state index in [1.807, 2.05) is 30.3 Å². The summed E-state index contributed by atoms with van der Waals surface area (Å²) in [4.78, 5) is 0. The van der Waals surface area contributed by atoms with E-state index in [4.69, 9.17) is 4.74 Å². The van der Waals surface area contributed by atoms with Gasteiger partial charge in [-0.1, -0.05) is 18.2 Å². The van der Waals surface area contributed by atoms with Gasteiger partial charge in [0.15, 0.2) is 0 Å². The number of ether oxygens (including phenoxy) is 1. The van der Waals surface area contributed by atoms with Gasteiger partial charge in [-0.2, -0.15) is 0 Å². The normalized spacial score (nSPS) is 10.6. The molecule has 0 saturated heterocycles. The van der Waals surface area contributed by atoms with Crippen LogP contribution in [0.5, 0.6) is 5.75 Å². The molecule has 0 spiro atoms. The van der Waals surface area contributed by atoms with Gasteiger partial charge in [0.1, 0.15) is 5.75 Å². The summed E-state index contributed by atoms with van der Waals surface area (Å²) in [5.41, 5.74) is 0. The van der Waals surface area contributed by atoms with Crippen LogP contribution >= 0.6 is 0 Å². The Balaban J connectivity index is 0. The summed E-state index contributed by atoms with van der Waals surface area (Å²) in [6, 6.07) is 9.23. The molecule has 2 nitrogen and oxygen atoms in total. The molecule has 4 heteroatoms. The smallest absolute Gasteiger partial charge is 0.874 e. The van der Waals surface area contributed by atoms with Gasteiger partial charge in [0.05, 0.1) is 0 Å². The van der Waals surface area contributed by atoms with E-state index in [9.17, 15) is 5.11 Å². The van der Waals surface area contributed by atoms with Crippen molar-refractivity contribution in [3.05, 3.63) is 37.3 Å². The Morgan fingerprint density at radius 3 is 2.23 bits per heavy atom. The molecule has 0 saturated carbocycles. The van der Waals surface area contributed by atoms with Crippen molar-refractivity contribution in [1.29, 1.82) is 0 Å².